The van der Waals surface area contributed by atoms with Crippen LogP contribution in [0.5, 0.6) is 0 Å². The standard InChI is InChI=1S/C21H18N2O/c24-21(12-14-23-16-17-5-4-13-22-15-17)20-10-8-19(9-11-20)18-6-2-1-3-7-18/h1-15,23H,16H2/b14-12+. The minimum Gasteiger partial charge on any atom is -0.387 e. The van der Waals surface area contributed by atoms with Crippen LogP contribution in [-0.4, -0.2) is 10.8 Å². The highest BCUT2D eigenvalue weighted by Crippen LogP contribution is 2.19. The highest BCUT2D eigenvalue weighted by Gasteiger charge is 2.02. The number of carbonyl (C=O) groups excluding carboxylic acids is 1. The average molecular weight is 314 g/mol. The molecule has 1 N–H and O–H groups in total. The van der Waals surface area contributed by atoms with Gasteiger partial charge in [-0.3, -0.25) is 9.78 Å². The first kappa shape index (κ1) is 15.7. The van der Waals surface area contributed by atoms with Gasteiger partial charge in [-0.15, -0.1) is 0 Å². The van der Waals surface area contributed by atoms with Crippen molar-refractivity contribution in [3.05, 3.63) is 103 Å². The Morgan fingerprint density at radius 3 is 2.38 bits per heavy atom. The van der Waals surface area contributed by atoms with Gasteiger partial charge in [-0.2, -0.15) is 0 Å². The summed E-state index contributed by atoms with van der Waals surface area (Å²) in [6.07, 6.45) is 6.77. The zero-order valence-corrected chi connectivity index (χ0v) is 13.2. The number of carbonyl (C=O) groups is 1. The van der Waals surface area contributed by atoms with Crippen LogP contribution in [0.1, 0.15) is 15.9 Å². The fourth-order valence-electron chi connectivity index (χ4n) is 2.37. The summed E-state index contributed by atoms with van der Waals surface area (Å²) in [5, 5.41) is 3.10. The molecule has 3 nitrogen and oxygen atoms in total. The molecular formula is C21H18N2O. The molecule has 1 aromatic heterocycles. The molecule has 0 radical (unpaired) electrons. The summed E-state index contributed by atoms with van der Waals surface area (Å²) >= 11 is 0. The molecule has 24 heavy (non-hydrogen) atoms. The Labute approximate surface area is 141 Å². The summed E-state index contributed by atoms with van der Waals surface area (Å²) in [4.78, 5) is 16.2. The molecule has 0 unspecified atom stereocenters. The summed E-state index contributed by atoms with van der Waals surface area (Å²) in [6.45, 7) is 0.643. The molecular weight excluding hydrogens is 296 g/mol. The number of pyridine rings is 1. The number of rotatable bonds is 6. The smallest absolute Gasteiger partial charge is 0.187 e. The summed E-state index contributed by atoms with van der Waals surface area (Å²) in [5.41, 5.74) is 3.99. The zero-order chi connectivity index (χ0) is 16.6. The molecule has 0 fully saturated rings. The van der Waals surface area contributed by atoms with Gasteiger partial charge in [-0.25, -0.2) is 0 Å². The van der Waals surface area contributed by atoms with Crippen molar-refractivity contribution in [2.75, 3.05) is 0 Å². The Morgan fingerprint density at radius 2 is 1.67 bits per heavy atom. The van der Waals surface area contributed by atoms with E-state index in [2.05, 4.69) is 22.4 Å². The molecule has 0 bridgehead atoms. The van der Waals surface area contributed by atoms with Crippen molar-refractivity contribution in [3.8, 4) is 11.1 Å². The molecule has 3 rings (SSSR count). The van der Waals surface area contributed by atoms with E-state index >= 15 is 0 Å². The van der Waals surface area contributed by atoms with Crippen LogP contribution in [0.4, 0.5) is 0 Å². The highest BCUT2D eigenvalue weighted by atomic mass is 16.1. The lowest BCUT2D eigenvalue weighted by molar-refractivity contribution is 0.104. The van der Waals surface area contributed by atoms with E-state index in [0.717, 1.165) is 16.7 Å². The lowest BCUT2D eigenvalue weighted by Crippen LogP contribution is -2.06. The fourth-order valence-corrected chi connectivity index (χ4v) is 2.37. The number of hydrogen-bond acceptors (Lipinski definition) is 3. The first-order valence-electron chi connectivity index (χ1n) is 7.81. The van der Waals surface area contributed by atoms with E-state index in [1.54, 1.807) is 24.7 Å². The molecule has 0 aliphatic rings. The van der Waals surface area contributed by atoms with Crippen LogP contribution in [0.3, 0.4) is 0 Å². The van der Waals surface area contributed by atoms with Gasteiger partial charge in [0, 0.05) is 36.8 Å². The van der Waals surface area contributed by atoms with E-state index in [1.165, 1.54) is 0 Å². The van der Waals surface area contributed by atoms with Crippen LogP contribution in [0.25, 0.3) is 11.1 Å². The van der Waals surface area contributed by atoms with Crippen molar-refractivity contribution < 1.29 is 4.79 Å². The van der Waals surface area contributed by atoms with Gasteiger partial charge >= 0.3 is 0 Å². The van der Waals surface area contributed by atoms with Crippen LogP contribution in [0.15, 0.2) is 91.4 Å². The third-order valence-electron chi connectivity index (χ3n) is 3.66. The first-order valence-corrected chi connectivity index (χ1v) is 7.81. The van der Waals surface area contributed by atoms with E-state index in [-0.39, 0.29) is 5.78 Å². The van der Waals surface area contributed by atoms with Crippen LogP contribution >= 0.6 is 0 Å². The van der Waals surface area contributed by atoms with E-state index in [1.807, 2.05) is 54.6 Å². The summed E-state index contributed by atoms with van der Waals surface area (Å²) in [6, 6.07) is 21.6. The average Bonchev–Trinajstić information content (AvgIpc) is 2.67. The van der Waals surface area contributed by atoms with Gasteiger partial charge in [0.25, 0.3) is 0 Å². The van der Waals surface area contributed by atoms with E-state index in [9.17, 15) is 4.79 Å². The second-order valence-electron chi connectivity index (χ2n) is 5.38. The van der Waals surface area contributed by atoms with E-state index in [4.69, 9.17) is 0 Å². The first-order chi connectivity index (χ1) is 11.8. The molecule has 3 aromatic rings. The largest absolute Gasteiger partial charge is 0.387 e. The third kappa shape index (κ3) is 4.17. The SMILES string of the molecule is O=C(/C=C/NCc1cccnc1)c1ccc(-c2ccccc2)cc1. The second kappa shape index (κ2) is 7.88. The highest BCUT2D eigenvalue weighted by molar-refractivity contribution is 6.04. The third-order valence-corrected chi connectivity index (χ3v) is 3.66. The maximum absolute atomic E-state index is 12.2. The molecule has 0 saturated carbocycles. The lowest BCUT2D eigenvalue weighted by atomic mass is 10.0. The van der Waals surface area contributed by atoms with Crippen LogP contribution in [0.2, 0.25) is 0 Å². The van der Waals surface area contributed by atoms with Crippen molar-refractivity contribution in [1.82, 2.24) is 10.3 Å². The number of hydrogen-bond donors (Lipinski definition) is 1. The van der Waals surface area contributed by atoms with Crippen molar-refractivity contribution in [2.45, 2.75) is 6.54 Å². The van der Waals surface area contributed by atoms with Crippen LogP contribution in [0, 0.1) is 0 Å². The number of nitrogens with zero attached hydrogens (tertiary/aromatic N) is 1. The number of aromatic nitrogens is 1. The monoisotopic (exact) mass is 314 g/mol. The summed E-state index contributed by atoms with van der Waals surface area (Å²) in [7, 11) is 0. The number of benzene rings is 2. The maximum atomic E-state index is 12.2. The lowest BCUT2D eigenvalue weighted by Gasteiger charge is -2.03. The summed E-state index contributed by atoms with van der Waals surface area (Å²) in [5.74, 6) is -0.0201. The van der Waals surface area contributed by atoms with Crippen molar-refractivity contribution in [2.24, 2.45) is 0 Å². The van der Waals surface area contributed by atoms with Gasteiger partial charge in [0.05, 0.1) is 0 Å². The van der Waals surface area contributed by atoms with E-state index in [0.29, 0.717) is 12.1 Å². The molecule has 0 atom stereocenters. The predicted octanol–water partition coefficient (Wildman–Crippen LogP) is 4.23. The van der Waals surface area contributed by atoms with Gasteiger partial charge in [0.2, 0.25) is 0 Å². The Bertz CT molecular complexity index is 809. The molecule has 0 spiro atoms. The fraction of sp³-hybridized carbons (Fsp3) is 0.0476. The van der Waals surface area contributed by atoms with Gasteiger partial charge in [0.15, 0.2) is 5.78 Å². The zero-order valence-electron chi connectivity index (χ0n) is 13.2. The normalized spacial score (nSPS) is 10.7. The topological polar surface area (TPSA) is 42.0 Å². The predicted molar refractivity (Wildman–Crippen MR) is 96.4 cm³/mol. The minimum absolute atomic E-state index is 0.0201. The molecule has 3 heteroatoms. The van der Waals surface area contributed by atoms with Crippen LogP contribution < -0.4 is 5.32 Å². The van der Waals surface area contributed by atoms with Gasteiger partial charge < -0.3 is 5.32 Å². The van der Waals surface area contributed by atoms with Crippen molar-refractivity contribution >= 4 is 5.78 Å². The molecule has 0 aliphatic carbocycles. The quantitative estimate of drug-likeness (QED) is 0.547. The van der Waals surface area contributed by atoms with Gasteiger partial charge in [-0.05, 0) is 22.8 Å². The van der Waals surface area contributed by atoms with Crippen LogP contribution in [-0.2, 0) is 6.54 Å². The molecule has 0 amide bonds. The molecule has 0 saturated heterocycles. The molecule has 118 valence electrons. The second-order valence-corrected chi connectivity index (χ2v) is 5.38. The molecule has 2 aromatic carbocycles. The Hall–Kier alpha value is -3.20. The Balaban J connectivity index is 1.58. The van der Waals surface area contributed by atoms with Gasteiger partial charge in [-0.1, -0.05) is 60.7 Å². The Kier molecular flexibility index (Phi) is 5.15. The molecule has 1 heterocycles. The van der Waals surface area contributed by atoms with E-state index < -0.39 is 0 Å². The Morgan fingerprint density at radius 1 is 0.917 bits per heavy atom. The maximum Gasteiger partial charge on any atom is 0.187 e. The number of ketones is 1. The number of nitrogens with one attached hydrogen (secondary N) is 1. The summed E-state index contributed by atoms with van der Waals surface area (Å²) < 4.78 is 0. The van der Waals surface area contributed by atoms with Gasteiger partial charge in [0.1, 0.15) is 0 Å². The van der Waals surface area contributed by atoms with Crippen molar-refractivity contribution in [3.63, 3.8) is 0 Å². The minimum atomic E-state index is -0.0201. The number of allylic oxidation sites excluding steroid dienone is 1. The van der Waals surface area contributed by atoms with Crippen molar-refractivity contribution in [1.29, 1.82) is 0 Å². The molecule has 0 aliphatic heterocycles.